The Morgan fingerprint density at radius 1 is 1.58 bits per heavy atom. The van der Waals surface area contributed by atoms with Crippen molar-refractivity contribution in [3.63, 3.8) is 0 Å². The zero-order valence-electron chi connectivity index (χ0n) is 7.04. The standard InChI is InChI=1S/C9H12O2S/c1-7-2-3-8(12-7)9(10)4-5-11-6-9/h2-3,10H,4-6H2,1H3. The van der Waals surface area contributed by atoms with E-state index in [1.54, 1.807) is 11.3 Å². The van der Waals surface area contributed by atoms with Gasteiger partial charge >= 0.3 is 0 Å². The Morgan fingerprint density at radius 3 is 2.92 bits per heavy atom. The van der Waals surface area contributed by atoms with Gasteiger partial charge in [0, 0.05) is 22.8 Å². The van der Waals surface area contributed by atoms with Gasteiger partial charge in [-0.2, -0.15) is 0 Å². The van der Waals surface area contributed by atoms with Gasteiger partial charge in [0.25, 0.3) is 0 Å². The van der Waals surface area contributed by atoms with E-state index < -0.39 is 5.60 Å². The average molecular weight is 184 g/mol. The summed E-state index contributed by atoms with van der Waals surface area (Å²) in [5.74, 6) is 0. The molecule has 3 heteroatoms. The van der Waals surface area contributed by atoms with Crippen molar-refractivity contribution in [2.24, 2.45) is 0 Å². The number of ether oxygens (including phenoxy) is 1. The zero-order valence-corrected chi connectivity index (χ0v) is 7.86. The number of aryl methyl sites for hydroxylation is 1. The number of hydrogen-bond acceptors (Lipinski definition) is 3. The fraction of sp³-hybridized carbons (Fsp3) is 0.556. The third-order valence-corrected chi connectivity index (χ3v) is 3.39. The van der Waals surface area contributed by atoms with E-state index in [-0.39, 0.29) is 0 Å². The van der Waals surface area contributed by atoms with Crippen molar-refractivity contribution in [2.45, 2.75) is 18.9 Å². The minimum atomic E-state index is -0.696. The van der Waals surface area contributed by atoms with Crippen LogP contribution < -0.4 is 0 Å². The molecular weight excluding hydrogens is 172 g/mol. The maximum absolute atomic E-state index is 10.1. The van der Waals surface area contributed by atoms with Gasteiger partial charge in [0.2, 0.25) is 0 Å². The summed E-state index contributed by atoms with van der Waals surface area (Å²) in [7, 11) is 0. The highest BCUT2D eigenvalue weighted by molar-refractivity contribution is 7.12. The van der Waals surface area contributed by atoms with Gasteiger partial charge in [-0.3, -0.25) is 0 Å². The van der Waals surface area contributed by atoms with Crippen LogP contribution in [0.5, 0.6) is 0 Å². The van der Waals surface area contributed by atoms with E-state index in [0.717, 1.165) is 11.3 Å². The molecule has 1 N–H and O–H groups in total. The lowest BCUT2D eigenvalue weighted by Crippen LogP contribution is -2.23. The molecule has 12 heavy (non-hydrogen) atoms. The summed E-state index contributed by atoms with van der Waals surface area (Å²) in [6.45, 7) is 3.17. The molecule has 0 aliphatic carbocycles. The molecule has 1 unspecified atom stereocenters. The molecule has 0 amide bonds. The molecular formula is C9H12O2S. The molecule has 0 radical (unpaired) electrons. The first-order valence-corrected chi connectivity index (χ1v) is 4.89. The van der Waals surface area contributed by atoms with Gasteiger partial charge in [-0.05, 0) is 19.1 Å². The fourth-order valence-electron chi connectivity index (χ4n) is 1.43. The van der Waals surface area contributed by atoms with Crippen molar-refractivity contribution in [1.29, 1.82) is 0 Å². The van der Waals surface area contributed by atoms with E-state index in [0.29, 0.717) is 13.2 Å². The molecule has 1 atom stereocenters. The molecule has 1 aromatic rings. The van der Waals surface area contributed by atoms with Crippen LogP contribution in [0, 0.1) is 6.92 Å². The number of thiophene rings is 1. The Balaban J connectivity index is 2.28. The highest BCUT2D eigenvalue weighted by atomic mass is 32.1. The van der Waals surface area contributed by atoms with Crippen molar-refractivity contribution in [3.8, 4) is 0 Å². The largest absolute Gasteiger partial charge is 0.382 e. The summed E-state index contributed by atoms with van der Waals surface area (Å²) in [5.41, 5.74) is -0.696. The molecule has 1 aliphatic heterocycles. The summed E-state index contributed by atoms with van der Waals surface area (Å²) in [6.07, 6.45) is 0.729. The molecule has 2 rings (SSSR count). The number of hydrogen-bond donors (Lipinski definition) is 1. The first-order chi connectivity index (χ1) is 5.71. The van der Waals surface area contributed by atoms with Crippen LogP contribution in [-0.4, -0.2) is 18.3 Å². The molecule has 0 spiro atoms. The Bertz CT molecular complexity index is 274. The second kappa shape index (κ2) is 2.83. The molecule has 1 fully saturated rings. The Hall–Kier alpha value is -0.380. The molecule has 0 bridgehead atoms. The van der Waals surface area contributed by atoms with Crippen molar-refractivity contribution < 1.29 is 9.84 Å². The third-order valence-electron chi connectivity index (χ3n) is 2.20. The predicted octanol–water partition coefficient (Wildman–Crippen LogP) is 1.66. The van der Waals surface area contributed by atoms with Crippen LogP contribution in [0.1, 0.15) is 16.2 Å². The Labute approximate surface area is 75.8 Å². The quantitative estimate of drug-likeness (QED) is 0.719. The summed E-state index contributed by atoms with van der Waals surface area (Å²) in [6, 6.07) is 4.03. The van der Waals surface area contributed by atoms with Crippen molar-refractivity contribution in [2.75, 3.05) is 13.2 Å². The van der Waals surface area contributed by atoms with Crippen molar-refractivity contribution >= 4 is 11.3 Å². The smallest absolute Gasteiger partial charge is 0.124 e. The van der Waals surface area contributed by atoms with Gasteiger partial charge in [0.15, 0.2) is 0 Å². The average Bonchev–Trinajstić information content (AvgIpc) is 2.59. The summed E-state index contributed by atoms with van der Waals surface area (Å²) >= 11 is 1.65. The monoisotopic (exact) mass is 184 g/mol. The summed E-state index contributed by atoms with van der Waals surface area (Å²) in [5, 5.41) is 10.1. The lowest BCUT2D eigenvalue weighted by Gasteiger charge is -2.17. The maximum atomic E-state index is 10.1. The van der Waals surface area contributed by atoms with Crippen LogP contribution in [0.3, 0.4) is 0 Å². The SMILES string of the molecule is Cc1ccc(C2(O)CCOC2)s1. The van der Waals surface area contributed by atoms with Crippen LogP contribution in [0.2, 0.25) is 0 Å². The van der Waals surface area contributed by atoms with E-state index in [9.17, 15) is 5.11 Å². The summed E-state index contributed by atoms with van der Waals surface area (Å²) in [4.78, 5) is 2.28. The topological polar surface area (TPSA) is 29.5 Å². The molecule has 2 heterocycles. The lowest BCUT2D eigenvalue weighted by molar-refractivity contribution is 0.0264. The number of rotatable bonds is 1. The van der Waals surface area contributed by atoms with E-state index in [4.69, 9.17) is 4.74 Å². The Morgan fingerprint density at radius 2 is 2.42 bits per heavy atom. The van der Waals surface area contributed by atoms with Gasteiger partial charge in [-0.25, -0.2) is 0 Å². The van der Waals surface area contributed by atoms with Crippen LogP contribution >= 0.6 is 11.3 Å². The van der Waals surface area contributed by atoms with Gasteiger partial charge in [-0.1, -0.05) is 0 Å². The van der Waals surface area contributed by atoms with Crippen LogP contribution in [0.25, 0.3) is 0 Å². The van der Waals surface area contributed by atoms with Gasteiger partial charge in [0.05, 0.1) is 6.61 Å². The molecule has 0 aromatic carbocycles. The minimum absolute atomic E-state index is 0.451. The van der Waals surface area contributed by atoms with E-state index >= 15 is 0 Å². The van der Waals surface area contributed by atoms with Crippen LogP contribution in [0.4, 0.5) is 0 Å². The van der Waals surface area contributed by atoms with Gasteiger partial charge in [0.1, 0.15) is 5.60 Å². The minimum Gasteiger partial charge on any atom is -0.382 e. The molecule has 0 saturated carbocycles. The van der Waals surface area contributed by atoms with E-state index in [1.165, 1.54) is 4.88 Å². The second-order valence-corrected chi connectivity index (χ2v) is 4.53. The number of aliphatic hydroxyl groups is 1. The second-order valence-electron chi connectivity index (χ2n) is 3.24. The predicted molar refractivity (Wildman–Crippen MR) is 48.4 cm³/mol. The Kier molecular flexibility index (Phi) is 1.94. The lowest BCUT2D eigenvalue weighted by atomic mass is 10.0. The van der Waals surface area contributed by atoms with Gasteiger partial charge < -0.3 is 9.84 Å². The molecule has 1 aliphatic rings. The normalized spacial score (nSPS) is 29.5. The maximum Gasteiger partial charge on any atom is 0.124 e. The molecule has 1 aromatic heterocycles. The van der Waals surface area contributed by atoms with Gasteiger partial charge in [-0.15, -0.1) is 11.3 Å². The highest BCUT2D eigenvalue weighted by Crippen LogP contribution is 2.34. The first kappa shape index (κ1) is 8.23. The summed E-state index contributed by atoms with van der Waals surface area (Å²) < 4.78 is 5.18. The van der Waals surface area contributed by atoms with Crippen molar-refractivity contribution in [3.05, 3.63) is 21.9 Å². The molecule has 2 nitrogen and oxygen atoms in total. The van der Waals surface area contributed by atoms with Crippen LogP contribution in [0.15, 0.2) is 12.1 Å². The van der Waals surface area contributed by atoms with E-state index in [2.05, 4.69) is 0 Å². The van der Waals surface area contributed by atoms with Crippen molar-refractivity contribution in [1.82, 2.24) is 0 Å². The van der Waals surface area contributed by atoms with Crippen LogP contribution in [-0.2, 0) is 10.3 Å². The fourth-order valence-corrected chi connectivity index (χ4v) is 2.40. The van der Waals surface area contributed by atoms with E-state index in [1.807, 2.05) is 19.1 Å². The zero-order chi connectivity index (χ0) is 8.60. The first-order valence-electron chi connectivity index (χ1n) is 4.08. The highest BCUT2D eigenvalue weighted by Gasteiger charge is 2.35. The molecule has 1 saturated heterocycles. The third kappa shape index (κ3) is 1.28. The molecule has 66 valence electrons.